The van der Waals surface area contributed by atoms with E-state index in [2.05, 4.69) is 5.10 Å². The predicted octanol–water partition coefficient (Wildman–Crippen LogP) is 1.83. The number of rotatable bonds is 2. The molecule has 1 aromatic rings. The summed E-state index contributed by atoms with van der Waals surface area (Å²) in [5, 5.41) is 5.00. The molecule has 2 N–H and O–H groups in total. The van der Waals surface area contributed by atoms with E-state index in [0.717, 1.165) is 18.5 Å². The van der Waals surface area contributed by atoms with Crippen LogP contribution in [-0.4, -0.2) is 28.4 Å². The van der Waals surface area contributed by atoms with Crippen LogP contribution in [0.4, 0.5) is 0 Å². The van der Waals surface area contributed by atoms with Crippen molar-refractivity contribution in [2.24, 2.45) is 5.73 Å². The highest BCUT2D eigenvalue weighted by Gasteiger charge is 2.41. The van der Waals surface area contributed by atoms with E-state index in [1.807, 2.05) is 11.6 Å². The molecule has 2 atom stereocenters. The number of hydrogen-bond donors (Lipinski definition) is 1. The summed E-state index contributed by atoms with van der Waals surface area (Å²) in [6.07, 6.45) is 4.83. The van der Waals surface area contributed by atoms with E-state index in [1.165, 1.54) is 7.11 Å². The van der Waals surface area contributed by atoms with Gasteiger partial charge in [-0.3, -0.25) is 9.48 Å². The van der Waals surface area contributed by atoms with Gasteiger partial charge in [0.25, 0.3) is 0 Å². The first-order chi connectivity index (χ1) is 8.46. The Kier molecular flexibility index (Phi) is 3.64. The molecular formula is C12H18ClN3O2. The Hall–Kier alpha value is -1.07. The molecule has 0 saturated heterocycles. The highest BCUT2D eigenvalue weighted by molar-refractivity contribution is 6.31. The molecule has 0 bridgehead atoms. The van der Waals surface area contributed by atoms with Crippen molar-refractivity contribution < 1.29 is 9.53 Å². The molecule has 1 heterocycles. The minimum Gasteiger partial charge on any atom is -0.468 e. The summed E-state index contributed by atoms with van der Waals surface area (Å²) in [6, 6.07) is 0.106. The number of hydrogen-bond acceptors (Lipinski definition) is 4. The molecule has 100 valence electrons. The van der Waals surface area contributed by atoms with Gasteiger partial charge in [0, 0.05) is 6.20 Å². The Balaban J connectivity index is 2.18. The molecule has 1 aliphatic rings. The third kappa shape index (κ3) is 2.37. The van der Waals surface area contributed by atoms with Gasteiger partial charge < -0.3 is 10.5 Å². The Labute approximate surface area is 111 Å². The van der Waals surface area contributed by atoms with E-state index in [0.29, 0.717) is 17.9 Å². The van der Waals surface area contributed by atoms with Crippen LogP contribution in [0.2, 0.25) is 5.02 Å². The lowest BCUT2D eigenvalue weighted by Gasteiger charge is -2.35. The fourth-order valence-electron chi connectivity index (χ4n) is 2.54. The Morgan fingerprint density at radius 3 is 3.00 bits per heavy atom. The van der Waals surface area contributed by atoms with Crippen molar-refractivity contribution >= 4 is 17.6 Å². The molecule has 0 spiro atoms. The normalized spacial score (nSPS) is 28.1. The lowest BCUT2D eigenvalue weighted by atomic mass is 9.80. The highest BCUT2D eigenvalue weighted by atomic mass is 35.5. The summed E-state index contributed by atoms with van der Waals surface area (Å²) in [4.78, 5) is 11.7. The average molecular weight is 272 g/mol. The van der Waals surface area contributed by atoms with E-state index < -0.39 is 5.54 Å². The van der Waals surface area contributed by atoms with Crippen molar-refractivity contribution in [1.29, 1.82) is 0 Å². The van der Waals surface area contributed by atoms with E-state index in [-0.39, 0.29) is 12.0 Å². The van der Waals surface area contributed by atoms with Crippen LogP contribution in [0.3, 0.4) is 0 Å². The summed E-state index contributed by atoms with van der Waals surface area (Å²) in [5.41, 5.74) is 6.03. The second-order valence-electron chi connectivity index (χ2n) is 4.94. The number of nitrogens with two attached hydrogens (primary N) is 1. The van der Waals surface area contributed by atoms with Crippen molar-refractivity contribution in [3.05, 3.63) is 16.9 Å². The van der Waals surface area contributed by atoms with Crippen LogP contribution in [-0.2, 0) is 9.53 Å². The number of aromatic nitrogens is 2. The number of nitrogens with zero attached hydrogens (tertiary/aromatic N) is 2. The van der Waals surface area contributed by atoms with Crippen LogP contribution in [0, 0.1) is 6.92 Å². The number of methoxy groups -OCH3 is 1. The van der Waals surface area contributed by atoms with Crippen LogP contribution in [0.5, 0.6) is 0 Å². The molecule has 0 aromatic carbocycles. The third-order valence-corrected chi connectivity index (χ3v) is 3.95. The molecule has 1 fully saturated rings. The number of halogens is 1. The molecule has 0 aliphatic heterocycles. The lowest BCUT2D eigenvalue weighted by molar-refractivity contribution is -0.149. The minimum atomic E-state index is -0.899. The molecular weight excluding hydrogens is 254 g/mol. The average Bonchev–Trinajstić information content (AvgIpc) is 2.69. The van der Waals surface area contributed by atoms with Crippen LogP contribution < -0.4 is 5.73 Å². The monoisotopic (exact) mass is 271 g/mol. The minimum absolute atomic E-state index is 0.106. The number of ether oxygens (including phenoxy) is 1. The molecule has 2 unspecified atom stereocenters. The van der Waals surface area contributed by atoms with Gasteiger partial charge in [0.1, 0.15) is 5.54 Å². The third-order valence-electron chi connectivity index (χ3n) is 3.58. The summed E-state index contributed by atoms with van der Waals surface area (Å²) in [5.74, 6) is -0.345. The lowest BCUT2D eigenvalue weighted by Crippen LogP contribution is -2.52. The zero-order valence-electron chi connectivity index (χ0n) is 10.6. The van der Waals surface area contributed by atoms with Crippen LogP contribution in [0.25, 0.3) is 0 Å². The summed E-state index contributed by atoms with van der Waals surface area (Å²) in [7, 11) is 1.37. The van der Waals surface area contributed by atoms with E-state index in [9.17, 15) is 4.79 Å². The maximum Gasteiger partial charge on any atom is 0.325 e. The predicted molar refractivity (Wildman–Crippen MR) is 68.4 cm³/mol. The Morgan fingerprint density at radius 1 is 1.72 bits per heavy atom. The molecule has 6 heteroatoms. The molecule has 2 rings (SSSR count). The van der Waals surface area contributed by atoms with Gasteiger partial charge in [-0.15, -0.1) is 0 Å². The van der Waals surface area contributed by atoms with E-state index in [4.69, 9.17) is 22.1 Å². The van der Waals surface area contributed by atoms with E-state index in [1.54, 1.807) is 6.20 Å². The number of carbonyl (C=O) groups is 1. The number of esters is 1. The molecule has 0 radical (unpaired) electrons. The van der Waals surface area contributed by atoms with Crippen LogP contribution in [0.15, 0.2) is 6.20 Å². The van der Waals surface area contributed by atoms with E-state index >= 15 is 0 Å². The van der Waals surface area contributed by atoms with Crippen molar-refractivity contribution in [3.63, 3.8) is 0 Å². The molecule has 1 aromatic heterocycles. The zero-order valence-corrected chi connectivity index (χ0v) is 11.4. The molecule has 5 nitrogen and oxygen atoms in total. The van der Waals surface area contributed by atoms with Gasteiger partial charge in [-0.1, -0.05) is 11.6 Å². The first-order valence-electron chi connectivity index (χ1n) is 6.05. The Bertz CT molecular complexity index is 441. The van der Waals surface area contributed by atoms with Crippen LogP contribution >= 0.6 is 11.6 Å². The Morgan fingerprint density at radius 2 is 2.44 bits per heavy atom. The largest absolute Gasteiger partial charge is 0.468 e. The second kappa shape index (κ2) is 4.90. The summed E-state index contributed by atoms with van der Waals surface area (Å²) < 4.78 is 6.61. The first kappa shape index (κ1) is 13.4. The van der Waals surface area contributed by atoms with Gasteiger partial charge in [0.15, 0.2) is 0 Å². The maximum atomic E-state index is 11.7. The van der Waals surface area contributed by atoms with Gasteiger partial charge >= 0.3 is 5.97 Å². The van der Waals surface area contributed by atoms with Crippen molar-refractivity contribution in [3.8, 4) is 0 Å². The molecule has 18 heavy (non-hydrogen) atoms. The fourth-order valence-corrected chi connectivity index (χ4v) is 2.68. The topological polar surface area (TPSA) is 70.1 Å². The smallest absolute Gasteiger partial charge is 0.325 e. The molecule has 0 amide bonds. The SMILES string of the molecule is COC(=O)C1(N)CCCC(n2cc(Cl)c(C)n2)C1. The van der Waals surface area contributed by atoms with Crippen LogP contribution in [0.1, 0.15) is 37.4 Å². The van der Waals surface area contributed by atoms with Gasteiger partial charge in [-0.25, -0.2) is 0 Å². The van der Waals surface area contributed by atoms with Crippen molar-refractivity contribution in [1.82, 2.24) is 9.78 Å². The van der Waals surface area contributed by atoms with Crippen molar-refractivity contribution in [2.45, 2.75) is 44.2 Å². The summed E-state index contributed by atoms with van der Waals surface area (Å²) in [6.45, 7) is 1.86. The van der Waals surface area contributed by atoms with Gasteiger partial charge in [-0.05, 0) is 32.6 Å². The highest BCUT2D eigenvalue weighted by Crippen LogP contribution is 2.35. The molecule has 1 saturated carbocycles. The zero-order chi connectivity index (χ0) is 13.3. The maximum absolute atomic E-state index is 11.7. The van der Waals surface area contributed by atoms with Gasteiger partial charge in [0.05, 0.1) is 23.9 Å². The molecule has 1 aliphatic carbocycles. The summed E-state index contributed by atoms with van der Waals surface area (Å²) >= 11 is 6.00. The second-order valence-corrected chi connectivity index (χ2v) is 5.35. The number of aryl methyl sites for hydroxylation is 1. The van der Waals surface area contributed by atoms with Gasteiger partial charge in [-0.2, -0.15) is 5.10 Å². The number of carbonyl (C=O) groups excluding carboxylic acids is 1. The standard InChI is InChI=1S/C12H18ClN3O2/c1-8-10(13)7-16(15-8)9-4-3-5-12(14,6-9)11(17)18-2/h7,9H,3-6,14H2,1-2H3. The van der Waals surface area contributed by atoms with Gasteiger partial charge in [0.2, 0.25) is 0 Å². The first-order valence-corrected chi connectivity index (χ1v) is 6.42. The quantitative estimate of drug-likeness (QED) is 0.833. The fraction of sp³-hybridized carbons (Fsp3) is 0.667. The van der Waals surface area contributed by atoms with Crippen molar-refractivity contribution in [2.75, 3.05) is 7.11 Å².